The maximum absolute atomic E-state index is 11.1. The monoisotopic (exact) mass is 251 g/mol. The smallest absolute Gasteiger partial charge is 0.217 e. The van der Waals surface area contributed by atoms with Gasteiger partial charge in [0.1, 0.15) is 0 Å². The molecule has 0 radical (unpaired) electrons. The van der Waals surface area contributed by atoms with E-state index in [0.717, 1.165) is 17.9 Å². The molecule has 1 aliphatic rings. The summed E-state index contributed by atoms with van der Waals surface area (Å²) in [5.41, 5.74) is 1.34. The molecule has 1 amide bonds. The van der Waals surface area contributed by atoms with Crippen LogP contribution in [0.15, 0.2) is 24.3 Å². The minimum atomic E-state index is 0.0757. The van der Waals surface area contributed by atoms with Crippen LogP contribution in [-0.2, 0) is 4.79 Å². The van der Waals surface area contributed by atoms with Crippen LogP contribution in [0, 0.1) is 0 Å². The fourth-order valence-electron chi connectivity index (χ4n) is 2.65. The zero-order valence-corrected chi connectivity index (χ0v) is 10.8. The number of carbonyl (C=O) groups excluding carboxylic acids is 1. The van der Waals surface area contributed by atoms with Gasteiger partial charge in [-0.25, -0.2) is 0 Å². The molecule has 0 spiro atoms. The van der Waals surface area contributed by atoms with Gasteiger partial charge in [0.15, 0.2) is 0 Å². The summed E-state index contributed by atoms with van der Waals surface area (Å²) < 4.78 is 0. The highest BCUT2D eigenvalue weighted by molar-refractivity contribution is 6.30. The van der Waals surface area contributed by atoms with Crippen molar-refractivity contribution in [3.8, 4) is 0 Å². The Kier molecular flexibility index (Phi) is 4.06. The molecule has 2 unspecified atom stereocenters. The quantitative estimate of drug-likeness (QED) is 0.856. The number of halogens is 1. The van der Waals surface area contributed by atoms with E-state index in [4.69, 9.17) is 11.6 Å². The summed E-state index contributed by atoms with van der Waals surface area (Å²) in [6, 6.07) is 8.42. The average Bonchev–Trinajstić information content (AvgIpc) is 2.29. The molecule has 0 aromatic heterocycles. The van der Waals surface area contributed by atoms with Crippen molar-refractivity contribution in [2.75, 3.05) is 0 Å². The summed E-state index contributed by atoms with van der Waals surface area (Å²) in [5.74, 6) is 0.629. The van der Waals surface area contributed by atoms with Gasteiger partial charge in [-0.05, 0) is 42.9 Å². The van der Waals surface area contributed by atoms with Gasteiger partial charge in [-0.1, -0.05) is 30.2 Å². The fraction of sp³-hybridized carbons (Fsp3) is 0.500. The molecule has 0 aliphatic heterocycles. The lowest BCUT2D eigenvalue weighted by molar-refractivity contribution is -0.119. The summed E-state index contributed by atoms with van der Waals surface area (Å²) in [7, 11) is 0. The van der Waals surface area contributed by atoms with Gasteiger partial charge in [0.2, 0.25) is 5.91 Å². The number of amides is 1. The van der Waals surface area contributed by atoms with Crippen molar-refractivity contribution in [1.29, 1.82) is 0 Å². The lowest BCUT2D eigenvalue weighted by Gasteiger charge is -2.29. The Labute approximate surface area is 107 Å². The molecule has 1 aliphatic carbocycles. The summed E-state index contributed by atoms with van der Waals surface area (Å²) in [6.45, 7) is 1.59. The zero-order chi connectivity index (χ0) is 12.3. The van der Waals surface area contributed by atoms with Gasteiger partial charge in [-0.2, -0.15) is 0 Å². The van der Waals surface area contributed by atoms with Crippen molar-refractivity contribution in [3.63, 3.8) is 0 Å². The highest BCUT2D eigenvalue weighted by Gasteiger charge is 2.23. The van der Waals surface area contributed by atoms with Crippen LogP contribution in [0.2, 0.25) is 5.02 Å². The summed E-state index contributed by atoms with van der Waals surface area (Å²) in [6.07, 6.45) is 4.53. The summed E-state index contributed by atoms with van der Waals surface area (Å²) in [5, 5.41) is 3.81. The minimum absolute atomic E-state index is 0.0757. The molecule has 1 saturated carbocycles. The lowest BCUT2D eigenvalue weighted by Crippen LogP contribution is -2.36. The van der Waals surface area contributed by atoms with E-state index in [0.29, 0.717) is 12.0 Å². The molecule has 3 heteroatoms. The maximum Gasteiger partial charge on any atom is 0.217 e. The van der Waals surface area contributed by atoms with Crippen molar-refractivity contribution in [2.24, 2.45) is 0 Å². The van der Waals surface area contributed by atoms with Gasteiger partial charge in [0.25, 0.3) is 0 Å². The molecule has 0 heterocycles. The van der Waals surface area contributed by atoms with E-state index in [2.05, 4.69) is 17.4 Å². The number of nitrogens with one attached hydrogen (secondary N) is 1. The molecule has 2 rings (SSSR count). The van der Waals surface area contributed by atoms with Crippen LogP contribution in [0.3, 0.4) is 0 Å². The number of hydrogen-bond donors (Lipinski definition) is 1. The van der Waals surface area contributed by atoms with E-state index in [1.165, 1.54) is 18.4 Å². The second kappa shape index (κ2) is 5.54. The number of hydrogen-bond acceptors (Lipinski definition) is 1. The third kappa shape index (κ3) is 3.47. The Hall–Kier alpha value is -1.02. The van der Waals surface area contributed by atoms with E-state index >= 15 is 0 Å². The Balaban J connectivity index is 2.01. The molecular formula is C14H18ClNO. The van der Waals surface area contributed by atoms with Crippen molar-refractivity contribution in [2.45, 2.75) is 44.6 Å². The highest BCUT2D eigenvalue weighted by atomic mass is 35.5. The van der Waals surface area contributed by atoms with Crippen LogP contribution < -0.4 is 5.32 Å². The molecule has 17 heavy (non-hydrogen) atoms. The van der Waals surface area contributed by atoms with Crippen LogP contribution in [0.4, 0.5) is 0 Å². The zero-order valence-electron chi connectivity index (χ0n) is 10.1. The summed E-state index contributed by atoms with van der Waals surface area (Å²) >= 11 is 5.89. The molecule has 0 bridgehead atoms. The molecule has 0 saturated heterocycles. The van der Waals surface area contributed by atoms with Crippen LogP contribution >= 0.6 is 11.6 Å². The fourth-order valence-corrected chi connectivity index (χ4v) is 2.77. The predicted molar refractivity (Wildman–Crippen MR) is 70.3 cm³/mol. The van der Waals surface area contributed by atoms with E-state index < -0.39 is 0 Å². The number of carbonyl (C=O) groups is 1. The molecule has 2 nitrogen and oxygen atoms in total. The first-order valence-corrected chi connectivity index (χ1v) is 6.55. The molecule has 1 N–H and O–H groups in total. The second-order valence-electron chi connectivity index (χ2n) is 4.81. The first kappa shape index (κ1) is 12.4. The molecule has 92 valence electrons. The SMILES string of the molecule is CC(=O)NC1CCCC(c2ccc(Cl)cc2)C1. The summed E-state index contributed by atoms with van der Waals surface area (Å²) in [4.78, 5) is 11.1. The molecule has 2 atom stereocenters. The van der Waals surface area contributed by atoms with Gasteiger partial charge < -0.3 is 5.32 Å². The van der Waals surface area contributed by atoms with Gasteiger partial charge in [-0.15, -0.1) is 0 Å². The highest BCUT2D eigenvalue weighted by Crippen LogP contribution is 2.33. The normalized spacial score (nSPS) is 24.4. The Morgan fingerprint density at radius 3 is 2.65 bits per heavy atom. The Morgan fingerprint density at radius 1 is 1.29 bits per heavy atom. The van der Waals surface area contributed by atoms with Gasteiger partial charge in [0.05, 0.1) is 0 Å². The van der Waals surface area contributed by atoms with E-state index in [1.807, 2.05) is 12.1 Å². The molecule has 1 aromatic carbocycles. The molecular weight excluding hydrogens is 234 g/mol. The second-order valence-corrected chi connectivity index (χ2v) is 5.25. The topological polar surface area (TPSA) is 29.1 Å². The maximum atomic E-state index is 11.1. The molecule has 1 aromatic rings. The van der Waals surface area contributed by atoms with Gasteiger partial charge in [0, 0.05) is 18.0 Å². The van der Waals surface area contributed by atoms with Gasteiger partial charge in [-0.3, -0.25) is 4.79 Å². The number of benzene rings is 1. The predicted octanol–water partition coefficient (Wildman–Crippen LogP) is 3.50. The van der Waals surface area contributed by atoms with E-state index in [1.54, 1.807) is 6.92 Å². The van der Waals surface area contributed by atoms with Crippen molar-refractivity contribution >= 4 is 17.5 Å². The van der Waals surface area contributed by atoms with Crippen LogP contribution in [0.1, 0.15) is 44.1 Å². The van der Waals surface area contributed by atoms with E-state index in [-0.39, 0.29) is 5.91 Å². The van der Waals surface area contributed by atoms with Crippen molar-refractivity contribution < 1.29 is 4.79 Å². The first-order valence-electron chi connectivity index (χ1n) is 6.17. The van der Waals surface area contributed by atoms with Crippen LogP contribution in [0.5, 0.6) is 0 Å². The van der Waals surface area contributed by atoms with Crippen molar-refractivity contribution in [3.05, 3.63) is 34.9 Å². The minimum Gasteiger partial charge on any atom is -0.354 e. The lowest BCUT2D eigenvalue weighted by atomic mass is 9.81. The molecule has 1 fully saturated rings. The standard InChI is InChI=1S/C14H18ClNO/c1-10(17)16-14-4-2-3-12(9-14)11-5-7-13(15)8-6-11/h5-8,12,14H,2-4,9H2,1H3,(H,16,17). The van der Waals surface area contributed by atoms with E-state index in [9.17, 15) is 4.79 Å². The van der Waals surface area contributed by atoms with Gasteiger partial charge >= 0.3 is 0 Å². The van der Waals surface area contributed by atoms with Crippen molar-refractivity contribution in [1.82, 2.24) is 5.32 Å². The van der Waals surface area contributed by atoms with Crippen LogP contribution in [0.25, 0.3) is 0 Å². The average molecular weight is 252 g/mol. The third-order valence-electron chi connectivity index (χ3n) is 3.42. The van der Waals surface area contributed by atoms with Crippen LogP contribution in [-0.4, -0.2) is 11.9 Å². The third-order valence-corrected chi connectivity index (χ3v) is 3.67. The first-order chi connectivity index (χ1) is 8.15. The number of rotatable bonds is 2. The Morgan fingerprint density at radius 2 is 2.00 bits per heavy atom. The largest absolute Gasteiger partial charge is 0.354 e. The Bertz CT molecular complexity index is 388.